The average Bonchev–Trinajstić information content (AvgIpc) is 3.40. The Morgan fingerprint density at radius 1 is 0.919 bits per heavy atom. The molecule has 0 aliphatic rings. The van der Waals surface area contributed by atoms with Gasteiger partial charge in [0.1, 0.15) is 5.69 Å². The number of nitrogen functional groups attached to an aromatic ring is 1. The van der Waals surface area contributed by atoms with Crippen LogP contribution in [0.15, 0.2) is 83.6 Å². The molecule has 0 fully saturated rings. The van der Waals surface area contributed by atoms with E-state index in [2.05, 4.69) is 25.3 Å². The summed E-state index contributed by atoms with van der Waals surface area (Å²) in [5.74, 6) is 5.38. The molecule has 0 aliphatic carbocycles. The Kier molecular flexibility index (Phi) is 6.49. The Balaban J connectivity index is 1.37. The first-order valence-electron chi connectivity index (χ1n) is 11.2. The number of benzene rings is 2. The summed E-state index contributed by atoms with van der Waals surface area (Å²) < 4.78 is 30.1. The van der Waals surface area contributed by atoms with Crippen LogP contribution in [0.5, 0.6) is 0 Å². The minimum Gasteiger partial charge on any atom is -0.359 e. The van der Waals surface area contributed by atoms with Gasteiger partial charge in [-0.25, -0.2) is 24.0 Å². The van der Waals surface area contributed by atoms with Gasteiger partial charge in [0.25, 0.3) is 5.91 Å². The molecule has 186 valence electrons. The predicted octanol–water partition coefficient (Wildman–Crippen LogP) is 3.27. The summed E-state index contributed by atoms with van der Waals surface area (Å²) in [6, 6.07) is 20.8. The van der Waals surface area contributed by atoms with Gasteiger partial charge in [-0.2, -0.15) is 0 Å². The number of carbonyl (C=O) groups is 1. The maximum Gasteiger partial charge on any atom is 0.265 e. The molecule has 0 bridgehead atoms. The van der Waals surface area contributed by atoms with Gasteiger partial charge in [0.2, 0.25) is 10.0 Å². The van der Waals surface area contributed by atoms with Crippen LogP contribution in [0.4, 0.5) is 0 Å². The van der Waals surface area contributed by atoms with E-state index in [-0.39, 0.29) is 6.54 Å². The molecular formula is C26H22N6O4S. The van der Waals surface area contributed by atoms with E-state index < -0.39 is 15.9 Å². The summed E-state index contributed by atoms with van der Waals surface area (Å²) in [7, 11) is -3.32. The molecule has 0 unspecified atom stereocenters. The quantitative estimate of drug-likeness (QED) is 0.170. The third-order valence-corrected chi connectivity index (χ3v) is 6.42. The van der Waals surface area contributed by atoms with Gasteiger partial charge in [-0.05, 0) is 23.3 Å². The topological polar surface area (TPSA) is 153 Å². The summed E-state index contributed by atoms with van der Waals surface area (Å²) in [6.45, 7) is 0.0393. The number of amides is 1. The van der Waals surface area contributed by atoms with Crippen molar-refractivity contribution in [1.29, 1.82) is 0 Å². The number of pyridine rings is 2. The Morgan fingerprint density at radius 2 is 1.54 bits per heavy atom. The van der Waals surface area contributed by atoms with Gasteiger partial charge in [-0.3, -0.25) is 15.2 Å². The number of carbonyl (C=O) groups excluding carboxylic acids is 1. The molecular weight excluding hydrogens is 492 g/mol. The van der Waals surface area contributed by atoms with Crippen molar-refractivity contribution in [2.75, 3.05) is 6.26 Å². The minimum absolute atomic E-state index is 0.0393. The maximum absolute atomic E-state index is 12.3. The summed E-state index contributed by atoms with van der Waals surface area (Å²) >= 11 is 0. The molecule has 11 heteroatoms. The Labute approximate surface area is 212 Å². The fourth-order valence-corrected chi connectivity index (χ4v) is 4.29. The van der Waals surface area contributed by atoms with Crippen LogP contribution >= 0.6 is 0 Å². The second-order valence-electron chi connectivity index (χ2n) is 8.35. The van der Waals surface area contributed by atoms with E-state index in [0.29, 0.717) is 33.6 Å². The van der Waals surface area contributed by atoms with Crippen LogP contribution in [0.1, 0.15) is 16.1 Å². The number of fused-ring (bicyclic) bond motifs is 1. The van der Waals surface area contributed by atoms with Crippen LogP contribution in [0.2, 0.25) is 0 Å². The van der Waals surface area contributed by atoms with Gasteiger partial charge in [0.15, 0.2) is 5.76 Å². The monoisotopic (exact) mass is 514 g/mol. The van der Waals surface area contributed by atoms with Gasteiger partial charge in [0, 0.05) is 35.0 Å². The van der Waals surface area contributed by atoms with Crippen LogP contribution < -0.4 is 16.0 Å². The molecule has 0 aliphatic heterocycles. The zero-order valence-corrected chi connectivity index (χ0v) is 20.5. The number of rotatable bonds is 7. The Hall–Kier alpha value is -4.45. The average molecular weight is 515 g/mol. The highest BCUT2D eigenvalue weighted by Gasteiger charge is 2.14. The fourth-order valence-electron chi connectivity index (χ4n) is 3.88. The van der Waals surface area contributed by atoms with E-state index in [0.717, 1.165) is 28.5 Å². The third kappa shape index (κ3) is 5.38. The molecule has 2 aromatic carbocycles. The molecule has 37 heavy (non-hydrogen) atoms. The molecule has 4 N–H and O–H groups in total. The molecule has 0 spiro atoms. The van der Waals surface area contributed by atoms with Crippen molar-refractivity contribution in [3.05, 3.63) is 90.4 Å². The van der Waals surface area contributed by atoms with E-state index in [9.17, 15) is 13.2 Å². The summed E-state index contributed by atoms with van der Waals surface area (Å²) in [6.07, 6.45) is 4.31. The number of hydrogen-bond acceptors (Lipinski definition) is 8. The number of nitrogens with one attached hydrogen (secondary N) is 2. The third-order valence-electron chi connectivity index (χ3n) is 5.75. The van der Waals surface area contributed by atoms with Gasteiger partial charge in [0.05, 0.1) is 29.6 Å². The molecule has 3 heterocycles. The Morgan fingerprint density at radius 3 is 2.16 bits per heavy atom. The van der Waals surface area contributed by atoms with Crippen LogP contribution in [0, 0.1) is 0 Å². The van der Waals surface area contributed by atoms with Crippen molar-refractivity contribution in [2.24, 2.45) is 5.84 Å². The van der Waals surface area contributed by atoms with Gasteiger partial charge < -0.3 is 4.52 Å². The SMILES string of the molecule is CS(=O)(=O)NCc1cc(-c2ccc(-c3ccc(-c4cc(C(=O)NN)c5cnccc5n4)cc3)cc2)no1. The number of hydrogen-bond donors (Lipinski definition) is 3. The number of nitrogens with two attached hydrogens (primary N) is 1. The van der Waals surface area contributed by atoms with Crippen molar-refractivity contribution >= 4 is 26.8 Å². The van der Waals surface area contributed by atoms with Crippen molar-refractivity contribution in [3.63, 3.8) is 0 Å². The molecule has 5 rings (SSSR count). The largest absolute Gasteiger partial charge is 0.359 e. The maximum atomic E-state index is 12.3. The standard InChI is InChI=1S/C26H22N6O4S/c1-37(34,35)29-14-20-12-25(32-36-20)19-8-4-17(5-9-19)16-2-6-18(7-3-16)24-13-21(26(33)31-27)22-15-28-11-10-23(22)30-24/h2-13,15,29H,14,27H2,1H3,(H,31,33). The molecule has 10 nitrogen and oxygen atoms in total. The zero-order valence-electron chi connectivity index (χ0n) is 19.7. The Bertz CT molecular complexity index is 1700. The van der Waals surface area contributed by atoms with Crippen LogP contribution in [0.25, 0.3) is 44.5 Å². The molecule has 0 saturated carbocycles. The van der Waals surface area contributed by atoms with Crippen molar-refractivity contribution in [1.82, 2.24) is 25.3 Å². The predicted molar refractivity (Wildman–Crippen MR) is 139 cm³/mol. The summed E-state index contributed by atoms with van der Waals surface area (Å²) in [4.78, 5) is 21.1. The molecule has 0 radical (unpaired) electrons. The van der Waals surface area contributed by atoms with Gasteiger partial charge in [-0.1, -0.05) is 53.7 Å². The highest BCUT2D eigenvalue weighted by Crippen LogP contribution is 2.29. The number of sulfonamides is 1. The van der Waals surface area contributed by atoms with Crippen LogP contribution in [-0.4, -0.2) is 35.7 Å². The molecule has 3 aromatic heterocycles. The van der Waals surface area contributed by atoms with Crippen molar-refractivity contribution in [2.45, 2.75) is 6.54 Å². The van der Waals surface area contributed by atoms with Crippen LogP contribution in [-0.2, 0) is 16.6 Å². The number of hydrazine groups is 1. The van der Waals surface area contributed by atoms with E-state index in [4.69, 9.17) is 10.4 Å². The lowest BCUT2D eigenvalue weighted by Gasteiger charge is -2.09. The van der Waals surface area contributed by atoms with Crippen molar-refractivity contribution in [3.8, 4) is 33.6 Å². The molecule has 1 amide bonds. The molecule has 0 atom stereocenters. The molecule has 5 aromatic rings. The van der Waals surface area contributed by atoms with Crippen molar-refractivity contribution < 1.29 is 17.7 Å². The highest BCUT2D eigenvalue weighted by atomic mass is 32.2. The van der Waals surface area contributed by atoms with Gasteiger partial charge in [-0.15, -0.1) is 0 Å². The molecule has 0 saturated heterocycles. The van der Waals surface area contributed by atoms with E-state index >= 15 is 0 Å². The number of nitrogens with zero attached hydrogens (tertiary/aromatic N) is 3. The van der Waals surface area contributed by atoms with Gasteiger partial charge >= 0.3 is 0 Å². The normalized spacial score (nSPS) is 11.5. The minimum atomic E-state index is -3.32. The zero-order chi connectivity index (χ0) is 26.0. The lowest BCUT2D eigenvalue weighted by molar-refractivity contribution is 0.0955. The first-order chi connectivity index (χ1) is 17.8. The fraction of sp³-hybridized carbons (Fsp3) is 0.0769. The van der Waals surface area contributed by atoms with E-state index in [1.54, 1.807) is 30.6 Å². The highest BCUT2D eigenvalue weighted by molar-refractivity contribution is 7.88. The summed E-state index contributed by atoms with van der Waals surface area (Å²) in [5, 5.41) is 4.65. The van der Waals surface area contributed by atoms with E-state index in [1.165, 1.54) is 0 Å². The summed E-state index contributed by atoms with van der Waals surface area (Å²) in [5.41, 5.74) is 8.18. The van der Waals surface area contributed by atoms with Crippen LogP contribution in [0.3, 0.4) is 0 Å². The van der Waals surface area contributed by atoms with E-state index in [1.807, 2.05) is 48.5 Å². The smallest absolute Gasteiger partial charge is 0.265 e. The second kappa shape index (κ2) is 9.90. The lowest BCUT2D eigenvalue weighted by Crippen LogP contribution is -2.30. The first kappa shape index (κ1) is 24.3. The lowest BCUT2D eigenvalue weighted by atomic mass is 9.99. The first-order valence-corrected chi connectivity index (χ1v) is 13.1. The number of aromatic nitrogens is 3. The second-order valence-corrected chi connectivity index (χ2v) is 10.2.